The van der Waals surface area contributed by atoms with Crippen molar-refractivity contribution in [2.75, 3.05) is 12.4 Å². The lowest BCUT2D eigenvalue weighted by Crippen LogP contribution is -2.41. The predicted octanol–water partition coefficient (Wildman–Crippen LogP) is 2.90. The van der Waals surface area contributed by atoms with Gasteiger partial charge in [-0.1, -0.05) is 18.2 Å². The highest BCUT2D eigenvalue weighted by Crippen LogP contribution is 2.20. The molecule has 150 valence electrons. The molecule has 0 bridgehead atoms. The summed E-state index contributed by atoms with van der Waals surface area (Å²) in [6.07, 6.45) is 1.67. The monoisotopic (exact) mass is 394 g/mol. The van der Waals surface area contributed by atoms with Crippen molar-refractivity contribution in [2.45, 2.75) is 26.3 Å². The number of fused-ring (bicyclic) bond motifs is 1. The van der Waals surface area contributed by atoms with Gasteiger partial charge in [0.15, 0.2) is 5.69 Å². The number of ether oxygens (including phenoxy) is 1. The van der Waals surface area contributed by atoms with E-state index in [-0.39, 0.29) is 17.1 Å². The molecule has 0 radical (unpaired) electrons. The number of rotatable bonds is 4. The molecule has 0 atom stereocenters. The Hall–Kier alpha value is -3.68. The third-order valence-electron chi connectivity index (χ3n) is 4.04. The first-order valence-electron chi connectivity index (χ1n) is 8.99. The molecule has 0 spiro atoms. The van der Waals surface area contributed by atoms with Crippen LogP contribution < -0.4 is 10.6 Å². The summed E-state index contributed by atoms with van der Waals surface area (Å²) in [5.41, 5.74) is 0.600. The minimum absolute atomic E-state index is 0.0735. The zero-order valence-corrected chi connectivity index (χ0v) is 16.6. The SMILES string of the molecule is COC(=O)c1ccccc1NC(=O)c1nc(C(=O)NC(C)(C)C)n2ccccc12. The molecule has 2 aromatic heterocycles. The Bertz CT molecular complexity index is 1100. The van der Waals surface area contributed by atoms with E-state index in [1.807, 2.05) is 20.8 Å². The van der Waals surface area contributed by atoms with Gasteiger partial charge in [0.25, 0.3) is 11.8 Å². The first kappa shape index (κ1) is 20.1. The maximum absolute atomic E-state index is 12.9. The molecular formula is C21H22N4O4. The van der Waals surface area contributed by atoms with Crippen LogP contribution in [0.1, 0.15) is 52.2 Å². The number of pyridine rings is 1. The van der Waals surface area contributed by atoms with Crippen molar-refractivity contribution in [1.82, 2.24) is 14.7 Å². The van der Waals surface area contributed by atoms with E-state index in [1.165, 1.54) is 7.11 Å². The Morgan fingerprint density at radius 3 is 2.38 bits per heavy atom. The minimum Gasteiger partial charge on any atom is -0.465 e. The molecule has 0 unspecified atom stereocenters. The molecule has 0 saturated carbocycles. The van der Waals surface area contributed by atoms with E-state index in [0.29, 0.717) is 11.2 Å². The number of carbonyl (C=O) groups is 3. The highest BCUT2D eigenvalue weighted by atomic mass is 16.5. The van der Waals surface area contributed by atoms with Crippen LogP contribution >= 0.6 is 0 Å². The average Bonchev–Trinajstić information content (AvgIpc) is 3.06. The highest BCUT2D eigenvalue weighted by molar-refractivity contribution is 6.11. The third kappa shape index (κ3) is 4.26. The number of anilines is 1. The van der Waals surface area contributed by atoms with Gasteiger partial charge in [0.05, 0.1) is 23.9 Å². The van der Waals surface area contributed by atoms with Crippen molar-refractivity contribution < 1.29 is 19.1 Å². The number of para-hydroxylation sites is 1. The molecule has 0 aliphatic carbocycles. The largest absolute Gasteiger partial charge is 0.465 e. The van der Waals surface area contributed by atoms with E-state index in [0.717, 1.165) is 0 Å². The normalized spacial score (nSPS) is 11.2. The standard InChI is InChI=1S/C21H22N4O4/c1-21(2,3)24-19(27)17-23-16(15-11-7-8-12-25(15)17)18(26)22-14-10-6-5-9-13(14)20(28)29-4/h5-12H,1-4H3,(H,22,26)(H,24,27). The Kier molecular flexibility index (Phi) is 5.36. The van der Waals surface area contributed by atoms with Crippen molar-refractivity contribution in [3.63, 3.8) is 0 Å². The zero-order valence-electron chi connectivity index (χ0n) is 16.6. The summed E-state index contributed by atoms with van der Waals surface area (Å²) < 4.78 is 6.31. The first-order valence-corrected chi connectivity index (χ1v) is 8.99. The third-order valence-corrected chi connectivity index (χ3v) is 4.04. The lowest BCUT2D eigenvalue weighted by atomic mass is 10.1. The molecule has 2 amide bonds. The molecule has 8 nitrogen and oxygen atoms in total. The second-order valence-corrected chi connectivity index (χ2v) is 7.44. The highest BCUT2D eigenvalue weighted by Gasteiger charge is 2.25. The number of aromatic nitrogens is 2. The van der Waals surface area contributed by atoms with Crippen molar-refractivity contribution in [3.05, 3.63) is 65.7 Å². The molecular weight excluding hydrogens is 372 g/mol. The van der Waals surface area contributed by atoms with Gasteiger partial charge in [0.1, 0.15) is 0 Å². The fourth-order valence-electron chi connectivity index (χ4n) is 2.82. The Morgan fingerprint density at radius 2 is 1.69 bits per heavy atom. The quantitative estimate of drug-likeness (QED) is 0.663. The van der Waals surface area contributed by atoms with Gasteiger partial charge in [-0.2, -0.15) is 0 Å². The smallest absolute Gasteiger partial charge is 0.339 e. The summed E-state index contributed by atoms with van der Waals surface area (Å²) in [4.78, 5) is 41.8. The number of benzene rings is 1. The van der Waals surface area contributed by atoms with Crippen LogP contribution in [0, 0.1) is 0 Å². The Labute approximate surface area is 167 Å². The van der Waals surface area contributed by atoms with Crippen LogP contribution in [0.15, 0.2) is 48.7 Å². The van der Waals surface area contributed by atoms with Crippen molar-refractivity contribution >= 4 is 29.0 Å². The maximum Gasteiger partial charge on any atom is 0.339 e. The van der Waals surface area contributed by atoms with E-state index in [4.69, 9.17) is 4.74 Å². The van der Waals surface area contributed by atoms with Crippen molar-refractivity contribution in [3.8, 4) is 0 Å². The summed E-state index contributed by atoms with van der Waals surface area (Å²) in [6.45, 7) is 5.58. The van der Waals surface area contributed by atoms with Crippen LogP contribution in [0.2, 0.25) is 0 Å². The number of imidazole rings is 1. The summed E-state index contributed by atoms with van der Waals surface area (Å²) in [5, 5.41) is 5.53. The van der Waals surface area contributed by atoms with Crippen LogP contribution in [0.5, 0.6) is 0 Å². The van der Waals surface area contributed by atoms with Crippen LogP contribution in [-0.4, -0.2) is 39.8 Å². The number of hydrogen-bond acceptors (Lipinski definition) is 5. The number of nitrogens with zero attached hydrogens (tertiary/aromatic N) is 2. The number of hydrogen-bond donors (Lipinski definition) is 2. The zero-order chi connectivity index (χ0) is 21.2. The van der Waals surface area contributed by atoms with E-state index in [1.54, 1.807) is 53.1 Å². The van der Waals surface area contributed by atoms with Gasteiger partial charge < -0.3 is 15.4 Å². The first-order chi connectivity index (χ1) is 13.7. The molecule has 3 aromatic rings. The van der Waals surface area contributed by atoms with Gasteiger partial charge in [-0.15, -0.1) is 0 Å². The number of amides is 2. The fourth-order valence-corrected chi connectivity index (χ4v) is 2.82. The average molecular weight is 394 g/mol. The number of carbonyl (C=O) groups excluding carboxylic acids is 3. The second kappa shape index (κ2) is 7.75. The van der Waals surface area contributed by atoms with E-state index in [2.05, 4.69) is 15.6 Å². The van der Waals surface area contributed by atoms with Gasteiger partial charge in [-0.05, 0) is 45.0 Å². The van der Waals surface area contributed by atoms with E-state index >= 15 is 0 Å². The van der Waals surface area contributed by atoms with Crippen LogP contribution in [0.4, 0.5) is 5.69 Å². The number of methoxy groups -OCH3 is 1. The van der Waals surface area contributed by atoms with Crippen molar-refractivity contribution in [2.24, 2.45) is 0 Å². The molecule has 8 heteroatoms. The molecule has 2 heterocycles. The van der Waals surface area contributed by atoms with Crippen LogP contribution in [0.3, 0.4) is 0 Å². The van der Waals surface area contributed by atoms with Crippen LogP contribution in [-0.2, 0) is 4.74 Å². The van der Waals surface area contributed by atoms with Gasteiger partial charge in [0, 0.05) is 11.7 Å². The lowest BCUT2D eigenvalue weighted by molar-refractivity contribution is 0.0601. The molecule has 1 aromatic carbocycles. The second-order valence-electron chi connectivity index (χ2n) is 7.44. The van der Waals surface area contributed by atoms with Gasteiger partial charge in [-0.25, -0.2) is 9.78 Å². The molecule has 29 heavy (non-hydrogen) atoms. The lowest BCUT2D eigenvalue weighted by Gasteiger charge is -2.19. The molecule has 0 aliphatic rings. The molecule has 2 N–H and O–H groups in total. The fraction of sp³-hybridized carbons (Fsp3) is 0.238. The van der Waals surface area contributed by atoms with Crippen LogP contribution in [0.25, 0.3) is 5.52 Å². The topological polar surface area (TPSA) is 102 Å². The molecule has 0 saturated heterocycles. The van der Waals surface area contributed by atoms with Gasteiger partial charge in [0.2, 0.25) is 5.82 Å². The van der Waals surface area contributed by atoms with Crippen molar-refractivity contribution in [1.29, 1.82) is 0 Å². The number of nitrogens with one attached hydrogen (secondary N) is 2. The van der Waals surface area contributed by atoms with Gasteiger partial charge in [-0.3, -0.25) is 14.0 Å². The molecule has 3 rings (SSSR count). The Morgan fingerprint density at radius 1 is 1.00 bits per heavy atom. The summed E-state index contributed by atoms with van der Waals surface area (Å²) in [5.74, 6) is -1.41. The molecule has 0 fully saturated rings. The number of esters is 1. The van der Waals surface area contributed by atoms with E-state index < -0.39 is 23.3 Å². The molecule has 0 aliphatic heterocycles. The Balaban J connectivity index is 2.00. The summed E-state index contributed by atoms with van der Waals surface area (Å²) in [6, 6.07) is 11.7. The summed E-state index contributed by atoms with van der Waals surface area (Å²) >= 11 is 0. The van der Waals surface area contributed by atoms with Gasteiger partial charge >= 0.3 is 5.97 Å². The minimum atomic E-state index is -0.569. The maximum atomic E-state index is 12.9. The summed E-state index contributed by atoms with van der Waals surface area (Å²) in [7, 11) is 1.27. The predicted molar refractivity (Wildman–Crippen MR) is 108 cm³/mol. The van der Waals surface area contributed by atoms with E-state index in [9.17, 15) is 14.4 Å².